The van der Waals surface area contributed by atoms with E-state index >= 15 is 0 Å². The largest absolute Gasteiger partial charge is 0.378 e. The molecule has 0 radical (unpaired) electrons. The fourth-order valence-corrected chi connectivity index (χ4v) is 1.28. The Morgan fingerprint density at radius 2 is 2.00 bits per heavy atom. The topological polar surface area (TPSA) is 73.6 Å². The van der Waals surface area contributed by atoms with Gasteiger partial charge in [-0.2, -0.15) is 0 Å². The fourth-order valence-electron chi connectivity index (χ4n) is 1.28. The van der Waals surface area contributed by atoms with E-state index in [4.69, 9.17) is 15.2 Å². The molecule has 0 saturated heterocycles. The SMILES string of the molecule is CC.CCCC(=O)NCC(F)C(C)OCCOCCN.[HH].[HH]. The molecule has 0 aliphatic rings. The van der Waals surface area contributed by atoms with Crippen molar-refractivity contribution in [3.05, 3.63) is 0 Å². The molecule has 2 unspecified atom stereocenters. The number of hydrogen-bond donors (Lipinski definition) is 2. The smallest absolute Gasteiger partial charge is 0.220 e. The van der Waals surface area contributed by atoms with Gasteiger partial charge in [-0.15, -0.1) is 0 Å². The number of amides is 1. The van der Waals surface area contributed by atoms with E-state index in [0.717, 1.165) is 6.42 Å². The van der Waals surface area contributed by atoms with Crippen LogP contribution >= 0.6 is 0 Å². The minimum atomic E-state index is -1.21. The molecular weight excluding hydrogens is 263 g/mol. The summed E-state index contributed by atoms with van der Waals surface area (Å²) in [6.45, 7) is 9.19. The first kappa shape index (κ1) is 21.6. The number of nitrogens with two attached hydrogens (primary N) is 1. The van der Waals surface area contributed by atoms with Crippen LogP contribution in [0.4, 0.5) is 4.39 Å². The van der Waals surface area contributed by atoms with E-state index in [1.165, 1.54) is 0 Å². The molecule has 0 aromatic carbocycles. The maximum atomic E-state index is 13.6. The molecule has 0 aliphatic heterocycles. The number of hydrogen-bond acceptors (Lipinski definition) is 4. The van der Waals surface area contributed by atoms with Crippen molar-refractivity contribution in [2.45, 2.75) is 52.8 Å². The van der Waals surface area contributed by atoms with Gasteiger partial charge < -0.3 is 20.5 Å². The lowest BCUT2D eigenvalue weighted by molar-refractivity contribution is -0.121. The first-order chi connectivity index (χ1) is 9.61. The third kappa shape index (κ3) is 13.7. The number of ether oxygens (including phenoxy) is 2. The van der Waals surface area contributed by atoms with E-state index in [1.807, 2.05) is 20.8 Å². The zero-order chi connectivity index (χ0) is 15.8. The van der Waals surface area contributed by atoms with Crippen molar-refractivity contribution in [1.29, 1.82) is 0 Å². The average Bonchev–Trinajstić information content (AvgIpc) is 2.46. The molecule has 0 fully saturated rings. The normalized spacial score (nSPS) is 13.1. The van der Waals surface area contributed by atoms with Crippen LogP contribution in [0.15, 0.2) is 0 Å². The third-order valence-corrected chi connectivity index (χ3v) is 2.35. The summed E-state index contributed by atoms with van der Waals surface area (Å²) in [6.07, 6.45) is -0.587. The van der Waals surface area contributed by atoms with Crippen molar-refractivity contribution in [2.24, 2.45) is 5.73 Å². The summed E-state index contributed by atoms with van der Waals surface area (Å²) in [5.41, 5.74) is 5.25. The molecule has 1 amide bonds. The van der Waals surface area contributed by atoms with Gasteiger partial charge in [-0.05, 0) is 13.3 Å². The Bertz CT molecular complexity index is 228. The molecular formula is C14H35FN2O3. The minimum absolute atomic E-state index is 0. The van der Waals surface area contributed by atoms with Crippen LogP contribution in [0, 0.1) is 0 Å². The van der Waals surface area contributed by atoms with Crippen LogP contribution in [-0.4, -0.2) is 51.1 Å². The van der Waals surface area contributed by atoms with Gasteiger partial charge in [0.25, 0.3) is 0 Å². The first-order valence-corrected chi connectivity index (χ1v) is 7.42. The lowest BCUT2D eigenvalue weighted by Gasteiger charge is -2.18. The van der Waals surface area contributed by atoms with Gasteiger partial charge in [0, 0.05) is 15.8 Å². The summed E-state index contributed by atoms with van der Waals surface area (Å²) in [4.78, 5) is 11.2. The second-order valence-corrected chi connectivity index (χ2v) is 4.05. The molecule has 5 nitrogen and oxygen atoms in total. The van der Waals surface area contributed by atoms with Crippen LogP contribution in [0.25, 0.3) is 0 Å². The van der Waals surface area contributed by atoms with Crippen molar-refractivity contribution in [3.8, 4) is 0 Å². The molecule has 0 aromatic heterocycles. The number of alkyl halides is 1. The highest BCUT2D eigenvalue weighted by Gasteiger charge is 2.17. The molecule has 0 spiro atoms. The summed E-state index contributed by atoms with van der Waals surface area (Å²) >= 11 is 0. The van der Waals surface area contributed by atoms with Gasteiger partial charge in [-0.3, -0.25) is 4.79 Å². The zero-order valence-corrected chi connectivity index (χ0v) is 13.3. The summed E-state index contributed by atoms with van der Waals surface area (Å²) < 4.78 is 23.9. The number of halogens is 1. The Labute approximate surface area is 125 Å². The van der Waals surface area contributed by atoms with Gasteiger partial charge >= 0.3 is 0 Å². The summed E-state index contributed by atoms with van der Waals surface area (Å²) in [7, 11) is 0. The first-order valence-electron chi connectivity index (χ1n) is 7.42. The second kappa shape index (κ2) is 16.3. The highest BCUT2D eigenvalue weighted by Crippen LogP contribution is 2.02. The van der Waals surface area contributed by atoms with Gasteiger partial charge in [0.2, 0.25) is 5.91 Å². The van der Waals surface area contributed by atoms with E-state index in [9.17, 15) is 9.18 Å². The molecule has 0 aromatic rings. The molecule has 20 heavy (non-hydrogen) atoms. The van der Waals surface area contributed by atoms with E-state index < -0.39 is 12.3 Å². The van der Waals surface area contributed by atoms with Crippen molar-refractivity contribution in [1.82, 2.24) is 5.32 Å². The van der Waals surface area contributed by atoms with Crippen LogP contribution in [0.2, 0.25) is 0 Å². The van der Waals surface area contributed by atoms with Gasteiger partial charge in [-0.25, -0.2) is 4.39 Å². The van der Waals surface area contributed by atoms with Gasteiger partial charge in [0.15, 0.2) is 0 Å². The summed E-state index contributed by atoms with van der Waals surface area (Å²) in [6, 6.07) is 0. The van der Waals surface area contributed by atoms with Gasteiger partial charge in [0.1, 0.15) is 6.17 Å². The Kier molecular flexibility index (Phi) is 17.6. The van der Waals surface area contributed by atoms with E-state index in [0.29, 0.717) is 32.8 Å². The number of carbonyl (C=O) groups is 1. The lowest BCUT2D eigenvalue weighted by atomic mass is 10.2. The van der Waals surface area contributed by atoms with Crippen LogP contribution in [0.3, 0.4) is 0 Å². The molecule has 2 atom stereocenters. The van der Waals surface area contributed by atoms with E-state index in [-0.39, 0.29) is 15.3 Å². The Balaban J connectivity index is -0.000000387. The Morgan fingerprint density at radius 1 is 1.35 bits per heavy atom. The predicted molar refractivity (Wildman–Crippen MR) is 83.7 cm³/mol. The van der Waals surface area contributed by atoms with E-state index in [2.05, 4.69) is 5.32 Å². The highest BCUT2D eigenvalue weighted by atomic mass is 19.1. The number of rotatable bonds is 11. The maximum absolute atomic E-state index is 13.6. The number of carbonyl (C=O) groups excluding carboxylic acids is 1. The van der Waals surface area contributed by atoms with Crippen LogP contribution in [-0.2, 0) is 14.3 Å². The monoisotopic (exact) mass is 298 g/mol. The molecule has 0 heterocycles. The van der Waals surface area contributed by atoms with Crippen molar-refractivity contribution in [3.63, 3.8) is 0 Å². The maximum Gasteiger partial charge on any atom is 0.220 e. The highest BCUT2D eigenvalue weighted by molar-refractivity contribution is 5.75. The second-order valence-electron chi connectivity index (χ2n) is 4.05. The Hall–Kier alpha value is -0.720. The zero-order valence-electron chi connectivity index (χ0n) is 13.3. The predicted octanol–water partition coefficient (Wildman–Crippen LogP) is 2.14. The molecule has 0 rings (SSSR count). The molecule has 0 bridgehead atoms. The Morgan fingerprint density at radius 3 is 2.55 bits per heavy atom. The van der Waals surface area contributed by atoms with Gasteiger partial charge in [-0.1, -0.05) is 20.8 Å². The summed E-state index contributed by atoms with van der Waals surface area (Å²) in [5, 5.41) is 2.53. The molecule has 126 valence electrons. The van der Waals surface area contributed by atoms with Crippen molar-refractivity contribution in [2.75, 3.05) is 32.9 Å². The quantitative estimate of drug-likeness (QED) is 0.573. The minimum Gasteiger partial charge on any atom is -0.378 e. The standard InChI is InChI=1S/C12H25FN2O3.C2H6.2H2/c1-3-4-12(16)15-9-11(13)10(2)18-8-7-17-6-5-14;1-2;;/h10-11H,3-9,14H2,1-2H3,(H,15,16);1-2H3;2*1H. The third-order valence-electron chi connectivity index (χ3n) is 2.35. The fraction of sp³-hybridized carbons (Fsp3) is 0.929. The van der Waals surface area contributed by atoms with Crippen LogP contribution in [0.5, 0.6) is 0 Å². The number of nitrogens with one attached hydrogen (secondary N) is 1. The van der Waals surface area contributed by atoms with Gasteiger partial charge in [0.05, 0.1) is 32.5 Å². The van der Waals surface area contributed by atoms with E-state index in [1.54, 1.807) is 6.92 Å². The molecule has 0 aliphatic carbocycles. The molecule has 0 saturated carbocycles. The van der Waals surface area contributed by atoms with Crippen molar-refractivity contribution < 1.29 is 21.5 Å². The molecule has 6 heteroatoms. The average molecular weight is 298 g/mol. The van der Waals surface area contributed by atoms with Crippen LogP contribution in [0.1, 0.15) is 43.4 Å². The lowest BCUT2D eigenvalue weighted by Crippen LogP contribution is -2.36. The summed E-state index contributed by atoms with van der Waals surface area (Å²) in [5.74, 6) is -0.126. The molecule has 3 N–H and O–H groups in total. The van der Waals surface area contributed by atoms with Crippen molar-refractivity contribution >= 4 is 5.91 Å². The van der Waals surface area contributed by atoms with Crippen LogP contribution < -0.4 is 11.1 Å².